The number of fused-ring (bicyclic) bond motifs is 4. The highest BCUT2D eigenvalue weighted by Gasteiger charge is 2.56. The molecule has 0 bridgehead atoms. The molecule has 0 spiro atoms. The Labute approximate surface area is 288 Å². The highest BCUT2D eigenvalue weighted by molar-refractivity contribution is 6.09. The number of unbranched alkanes of at least 4 members (excludes halogenated alkanes) is 2. The van der Waals surface area contributed by atoms with Crippen molar-refractivity contribution < 1.29 is 24.6 Å². The van der Waals surface area contributed by atoms with Crippen molar-refractivity contribution in [1.29, 1.82) is 0 Å². The van der Waals surface area contributed by atoms with E-state index in [1.54, 1.807) is 6.07 Å². The van der Waals surface area contributed by atoms with Gasteiger partial charge >= 0.3 is 0 Å². The average molecular weight is 660 g/mol. The van der Waals surface area contributed by atoms with Crippen molar-refractivity contribution in [2.75, 3.05) is 18.6 Å². The molecule has 254 valence electrons. The molecule has 49 heavy (non-hydrogen) atoms. The SMILES string of the molecule is CCCCC[C@@H](O)CC(=O)CCc1ccc(O)c(OC[NH+]2C=C3C([C@@]45CCC[C@@H]4c4cccc6c4-c4c(cccc45)[C@H](N)N6)=CN=C3C2)c1. The first-order valence-electron chi connectivity index (χ1n) is 18.1. The number of allylic oxidation sites excluding steroid dienone is 1. The second kappa shape index (κ2) is 12.9. The minimum Gasteiger partial charge on any atom is -0.504 e. The Morgan fingerprint density at radius 3 is 2.88 bits per heavy atom. The fraction of sp³-hybridized carbons (Fsp3) is 0.415. The van der Waals surface area contributed by atoms with Crippen molar-refractivity contribution in [3.63, 3.8) is 0 Å². The first-order valence-corrected chi connectivity index (χ1v) is 18.1. The maximum Gasteiger partial charge on any atom is 0.227 e. The Hall–Kier alpha value is -4.24. The third kappa shape index (κ3) is 5.50. The standard InChI is InChI=1S/C41H46N4O4/c1-2-3-4-8-26(46)20-27(47)16-14-25-15-17-36(48)37(19-25)49-24-45-22-30-33(21-43-35(30)23-45)41-18-7-12-31(41)28-9-6-13-34-39(28)38-29(40(42)44-34)10-5-11-32(38)41/h5-6,9-11,13,15,17,19,21-22,26,31,40,44,46,48H,2-4,7-8,12,14,16,18,20,23-24,42H2,1H3/p+1/t26-,31-,40-,41+/m1/s1. The number of nitrogens with zero attached hydrogens (tertiary/aromatic N) is 1. The van der Waals surface area contributed by atoms with Gasteiger partial charge in [0.05, 0.1) is 11.7 Å². The molecule has 8 nitrogen and oxygen atoms in total. The van der Waals surface area contributed by atoms with Gasteiger partial charge in [0.15, 0.2) is 11.5 Å². The summed E-state index contributed by atoms with van der Waals surface area (Å²) in [6, 6.07) is 18.6. The van der Waals surface area contributed by atoms with Gasteiger partial charge in [0.2, 0.25) is 6.73 Å². The topological polar surface area (TPSA) is 122 Å². The summed E-state index contributed by atoms with van der Waals surface area (Å²) in [4.78, 5) is 18.6. The van der Waals surface area contributed by atoms with Crippen LogP contribution in [-0.2, 0) is 16.6 Å². The fourth-order valence-electron chi connectivity index (χ4n) is 9.24. The number of hydrogen-bond donors (Lipinski definition) is 5. The summed E-state index contributed by atoms with van der Waals surface area (Å²) in [5, 5.41) is 24.4. The van der Waals surface area contributed by atoms with Gasteiger partial charge < -0.3 is 26.0 Å². The van der Waals surface area contributed by atoms with Gasteiger partial charge in [-0.2, -0.15) is 0 Å². The van der Waals surface area contributed by atoms with Gasteiger partial charge in [-0.1, -0.05) is 69.0 Å². The molecular weight excluding hydrogens is 612 g/mol. The van der Waals surface area contributed by atoms with Crippen LogP contribution in [0.3, 0.4) is 0 Å². The fourth-order valence-corrected chi connectivity index (χ4v) is 9.24. The van der Waals surface area contributed by atoms with Crippen LogP contribution in [-0.4, -0.2) is 41.1 Å². The van der Waals surface area contributed by atoms with Crippen LogP contribution in [0.4, 0.5) is 5.69 Å². The van der Waals surface area contributed by atoms with E-state index in [1.165, 1.54) is 33.4 Å². The van der Waals surface area contributed by atoms with Crippen LogP contribution in [0.1, 0.15) is 99.0 Å². The quantitative estimate of drug-likeness (QED) is 0.145. The van der Waals surface area contributed by atoms with Gasteiger partial charge in [-0.05, 0) is 83.2 Å². The number of hydrogen-bond acceptors (Lipinski definition) is 7. The molecule has 1 unspecified atom stereocenters. The molecule has 5 atom stereocenters. The third-order valence-corrected chi connectivity index (χ3v) is 11.5. The summed E-state index contributed by atoms with van der Waals surface area (Å²) in [5.41, 5.74) is 18.8. The second-order valence-corrected chi connectivity index (χ2v) is 14.6. The van der Waals surface area contributed by atoms with Crippen LogP contribution in [0.5, 0.6) is 11.5 Å². The Balaban J connectivity index is 0.987. The Morgan fingerprint density at radius 2 is 2.00 bits per heavy atom. The minimum absolute atomic E-state index is 0.0604. The number of aliphatic imine (C=N–C) groups is 1. The van der Waals surface area contributed by atoms with Crippen LogP contribution in [0, 0.1) is 0 Å². The molecule has 6 N–H and O–H groups in total. The number of ketones is 1. The number of anilines is 1. The Kier molecular flexibility index (Phi) is 8.42. The molecule has 8 heteroatoms. The first-order chi connectivity index (χ1) is 23.9. The van der Waals surface area contributed by atoms with E-state index >= 15 is 0 Å². The lowest BCUT2D eigenvalue weighted by atomic mass is 9.57. The van der Waals surface area contributed by atoms with E-state index < -0.39 is 6.10 Å². The number of carbonyl (C=O) groups is 1. The molecule has 3 aromatic rings. The number of nitrogens with two attached hydrogens (primary N) is 1. The number of aryl methyl sites for hydroxylation is 1. The molecule has 5 aliphatic rings. The van der Waals surface area contributed by atoms with Gasteiger partial charge in [-0.3, -0.25) is 14.7 Å². The van der Waals surface area contributed by atoms with Gasteiger partial charge in [0, 0.05) is 35.7 Å². The average Bonchev–Trinajstić information content (AvgIpc) is 3.82. The minimum atomic E-state index is -0.565. The Morgan fingerprint density at radius 1 is 1.14 bits per heavy atom. The van der Waals surface area contributed by atoms with Crippen molar-refractivity contribution in [1.82, 2.24) is 0 Å². The number of aromatic hydroxyl groups is 1. The predicted molar refractivity (Wildman–Crippen MR) is 192 cm³/mol. The van der Waals surface area contributed by atoms with Crippen LogP contribution < -0.4 is 20.7 Å². The summed E-state index contributed by atoms with van der Waals surface area (Å²) in [6.07, 6.45) is 11.8. The van der Waals surface area contributed by atoms with Crippen molar-refractivity contribution in [3.05, 3.63) is 100 Å². The highest BCUT2D eigenvalue weighted by Crippen LogP contribution is 2.65. The van der Waals surface area contributed by atoms with Crippen LogP contribution in [0.15, 0.2) is 83.1 Å². The highest BCUT2D eigenvalue weighted by atomic mass is 16.5. The number of phenols is 1. The van der Waals surface area contributed by atoms with Crippen molar-refractivity contribution >= 4 is 17.2 Å². The molecule has 3 aromatic carbocycles. The van der Waals surface area contributed by atoms with Crippen molar-refractivity contribution in [2.24, 2.45) is 10.7 Å². The number of nitrogens with one attached hydrogen (secondary N) is 2. The van der Waals surface area contributed by atoms with E-state index in [2.05, 4.69) is 61.0 Å². The first kappa shape index (κ1) is 32.0. The van der Waals surface area contributed by atoms with Gasteiger partial charge in [-0.25, -0.2) is 0 Å². The number of rotatable bonds is 13. The summed E-state index contributed by atoms with van der Waals surface area (Å²) in [7, 11) is 0. The summed E-state index contributed by atoms with van der Waals surface area (Å²) < 4.78 is 6.22. The van der Waals surface area contributed by atoms with E-state index in [0.717, 1.165) is 66.0 Å². The zero-order chi connectivity index (χ0) is 33.7. The monoisotopic (exact) mass is 659 g/mol. The number of Topliss-reactive ketones (excluding diaryl/α,β-unsaturated/α-hetero) is 1. The lowest BCUT2D eigenvalue weighted by molar-refractivity contribution is -0.851. The number of benzene rings is 3. The second-order valence-electron chi connectivity index (χ2n) is 14.6. The van der Waals surface area contributed by atoms with Crippen molar-refractivity contribution in [3.8, 4) is 22.6 Å². The van der Waals surface area contributed by atoms with Crippen LogP contribution >= 0.6 is 0 Å². The molecule has 1 fully saturated rings. The maximum atomic E-state index is 12.5. The normalized spacial score (nSPS) is 24.6. The molecule has 3 heterocycles. The van der Waals surface area contributed by atoms with Crippen molar-refractivity contribution in [2.45, 2.75) is 94.7 Å². The number of phenolic OH excluding ortho intramolecular Hbond substituents is 1. The number of carbonyl (C=O) groups excluding carboxylic acids is 1. The van der Waals surface area contributed by atoms with Gasteiger partial charge in [-0.15, -0.1) is 0 Å². The molecule has 0 saturated heterocycles. The molecule has 8 rings (SSSR count). The van der Waals surface area contributed by atoms with E-state index in [-0.39, 0.29) is 29.5 Å². The van der Waals surface area contributed by atoms with E-state index in [9.17, 15) is 15.0 Å². The molecular formula is C41H47N4O4+. The molecule has 0 amide bonds. The van der Waals surface area contributed by atoms with E-state index in [4.69, 9.17) is 15.5 Å². The number of aliphatic hydroxyl groups is 1. The number of quaternary nitrogens is 1. The van der Waals surface area contributed by atoms with E-state index in [0.29, 0.717) is 44.2 Å². The van der Waals surface area contributed by atoms with Crippen LogP contribution in [0.25, 0.3) is 11.1 Å². The zero-order valence-corrected chi connectivity index (χ0v) is 28.3. The molecule has 0 aromatic heterocycles. The zero-order valence-electron chi connectivity index (χ0n) is 28.3. The summed E-state index contributed by atoms with van der Waals surface area (Å²) in [6.45, 7) is 3.19. The van der Waals surface area contributed by atoms with Gasteiger partial charge in [0.25, 0.3) is 0 Å². The molecule has 2 aliphatic carbocycles. The van der Waals surface area contributed by atoms with E-state index in [1.807, 2.05) is 12.1 Å². The number of ether oxygens (including phenoxy) is 1. The summed E-state index contributed by atoms with van der Waals surface area (Å²) in [5.74, 6) is 0.921. The Bertz CT molecular complexity index is 1900. The third-order valence-electron chi connectivity index (χ3n) is 11.5. The van der Waals surface area contributed by atoms with Crippen LogP contribution in [0.2, 0.25) is 0 Å². The lowest BCUT2D eigenvalue weighted by Gasteiger charge is -2.46. The molecule has 3 aliphatic heterocycles. The maximum absolute atomic E-state index is 12.5. The number of aliphatic hydroxyl groups excluding tert-OH is 1. The molecule has 0 radical (unpaired) electrons. The predicted octanol–water partition coefficient (Wildman–Crippen LogP) is 5.95. The summed E-state index contributed by atoms with van der Waals surface area (Å²) >= 11 is 0. The largest absolute Gasteiger partial charge is 0.504 e. The lowest BCUT2D eigenvalue weighted by Crippen LogP contribution is -3.07. The smallest absolute Gasteiger partial charge is 0.227 e. The molecule has 1 saturated carbocycles. The van der Waals surface area contributed by atoms with Gasteiger partial charge in [0.1, 0.15) is 30.4 Å².